The molecule has 0 unspecified atom stereocenters. The Kier molecular flexibility index (Phi) is 5.61. The lowest BCUT2D eigenvalue weighted by Gasteiger charge is -2.13. The first-order valence-corrected chi connectivity index (χ1v) is 9.24. The lowest BCUT2D eigenvalue weighted by atomic mass is 10.1. The Balaban J connectivity index is 2.33. The first-order valence-electron chi connectivity index (χ1n) is 8.01. The SMILES string of the molecule is COCc1nn(-c2ccnc3c(C(F)(F)F)cccc23)c(SC)c1C(=O)OC. The molecule has 148 valence electrons. The molecule has 0 aliphatic carbocycles. The average molecular weight is 411 g/mol. The Morgan fingerprint density at radius 1 is 1.25 bits per heavy atom. The molecule has 0 radical (unpaired) electrons. The highest BCUT2D eigenvalue weighted by Gasteiger charge is 2.34. The second kappa shape index (κ2) is 7.80. The predicted molar refractivity (Wildman–Crippen MR) is 97.7 cm³/mol. The van der Waals surface area contributed by atoms with Gasteiger partial charge in [0.15, 0.2) is 0 Å². The van der Waals surface area contributed by atoms with E-state index < -0.39 is 17.7 Å². The lowest BCUT2D eigenvalue weighted by Crippen LogP contribution is -2.08. The van der Waals surface area contributed by atoms with E-state index in [1.54, 1.807) is 12.3 Å². The molecule has 3 aromatic rings. The van der Waals surface area contributed by atoms with E-state index in [9.17, 15) is 18.0 Å². The number of thioether (sulfide) groups is 1. The second-order valence-corrected chi connectivity index (χ2v) is 6.49. The summed E-state index contributed by atoms with van der Waals surface area (Å²) in [7, 11) is 2.70. The maximum absolute atomic E-state index is 13.4. The number of hydrogen-bond acceptors (Lipinski definition) is 6. The van der Waals surface area contributed by atoms with E-state index >= 15 is 0 Å². The number of para-hydroxylation sites is 1. The van der Waals surface area contributed by atoms with Crippen molar-refractivity contribution in [1.82, 2.24) is 14.8 Å². The van der Waals surface area contributed by atoms with Crippen molar-refractivity contribution in [3.63, 3.8) is 0 Å². The smallest absolute Gasteiger partial charge is 0.418 e. The molecule has 6 nitrogen and oxygen atoms in total. The number of halogens is 3. The summed E-state index contributed by atoms with van der Waals surface area (Å²) in [6.45, 7) is 0.0435. The van der Waals surface area contributed by atoms with Gasteiger partial charge in [0.25, 0.3) is 0 Å². The number of aromatic nitrogens is 3. The van der Waals surface area contributed by atoms with Crippen LogP contribution in [0.2, 0.25) is 0 Å². The fourth-order valence-corrected chi connectivity index (χ4v) is 3.63. The standard InChI is InChI=1S/C18H16F3N3O3S/c1-26-9-12-14(17(25)27-2)16(28-3)24(23-12)13-7-8-22-15-10(13)5-4-6-11(15)18(19,20)21/h4-8H,9H2,1-3H3. The molecule has 0 N–H and O–H groups in total. The molecule has 2 heterocycles. The van der Waals surface area contributed by atoms with Gasteiger partial charge in [-0.1, -0.05) is 12.1 Å². The molecule has 0 aliphatic heterocycles. The van der Waals surface area contributed by atoms with Crippen LogP contribution < -0.4 is 0 Å². The van der Waals surface area contributed by atoms with Crippen molar-refractivity contribution in [2.24, 2.45) is 0 Å². The Morgan fingerprint density at radius 3 is 2.61 bits per heavy atom. The lowest BCUT2D eigenvalue weighted by molar-refractivity contribution is -0.136. The van der Waals surface area contributed by atoms with Crippen molar-refractivity contribution in [2.75, 3.05) is 20.5 Å². The van der Waals surface area contributed by atoms with E-state index in [0.717, 1.165) is 6.07 Å². The van der Waals surface area contributed by atoms with Crippen molar-refractivity contribution < 1.29 is 27.4 Å². The topological polar surface area (TPSA) is 66.2 Å². The quantitative estimate of drug-likeness (QED) is 0.465. The molecule has 3 rings (SSSR count). The number of methoxy groups -OCH3 is 2. The van der Waals surface area contributed by atoms with Gasteiger partial charge in [-0.2, -0.15) is 18.3 Å². The van der Waals surface area contributed by atoms with E-state index in [2.05, 4.69) is 10.1 Å². The highest BCUT2D eigenvalue weighted by atomic mass is 32.2. The number of ether oxygens (including phenoxy) is 2. The van der Waals surface area contributed by atoms with Crippen LogP contribution in [0.4, 0.5) is 13.2 Å². The van der Waals surface area contributed by atoms with Crippen molar-refractivity contribution in [3.8, 4) is 5.69 Å². The number of rotatable bonds is 5. The number of carbonyl (C=O) groups is 1. The predicted octanol–water partition coefficient (Wildman–Crippen LogP) is 4.09. The molecule has 2 aromatic heterocycles. The average Bonchev–Trinajstić information content (AvgIpc) is 3.04. The Hall–Kier alpha value is -2.59. The zero-order chi connectivity index (χ0) is 20.5. The number of nitrogens with zero attached hydrogens (tertiary/aromatic N) is 3. The maximum Gasteiger partial charge on any atom is 0.418 e. The number of esters is 1. The van der Waals surface area contributed by atoms with Crippen LogP contribution in [0.3, 0.4) is 0 Å². The number of benzene rings is 1. The van der Waals surface area contributed by atoms with E-state index in [1.807, 2.05) is 0 Å². The summed E-state index contributed by atoms with van der Waals surface area (Å²) in [5, 5.41) is 5.11. The van der Waals surface area contributed by atoms with Crippen LogP contribution in [-0.2, 0) is 22.3 Å². The van der Waals surface area contributed by atoms with Gasteiger partial charge in [0.1, 0.15) is 16.3 Å². The van der Waals surface area contributed by atoms with E-state index in [4.69, 9.17) is 9.47 Å². The Labute approximate surface area is 162 Å². The van der Waals surface area contributed by atoms with Crippen LogP contribution in [-0.4, -0.2) is 41.2 Å². The molecule has 0 amide bonds. The molecule has 0 saturated carbocycles. The van der Waals surface area contributed by atoms with Gasteiger partial charge in [0.05, 0.1) is 30.5 Å². The minimum Gasteiger partial charge on any atom is -0.465 e. The van der Waals surface area contributed by atoms with Crippen molar-refractivity contribution in [2.45, 2.75) is 17.8 Å². The molecule has 0 aliphatic rings. The van der Waals surface area contributed by atoms with Crippen LogP contribution >= 0.6 is 11.8 Å². The minimum absolute atomic E-state index is 0.0435. The number of fused-ring (bicyclic) bond motifs is 1. The maximum atomic E-state index is 13.4. The van der Waals surface area contributed by atoms with Gasteiger partial charge in [-0.3, -0.25) is 4.98 Å². The van der Waals surface area contributed by atoms with E-state index in [1.165, 1.54) is 49.0 Å². The zero-order valence-electron chi connectivity index (χ0n) is 15.2. The van der Waals surface area contributed by atoms with Crippen molar-refractivity contribution >= 4 is 28.6 Å². The fourth-order valence-electron chi connectivity index (χ4n) is 2.92. The third-order valence-corrected chi connectivity index (χ3v) is 4.82. The zero-order valence-corrected chi connectivity index (χ0v) is 16.0. The normalized spacial score (nSPS) is 11.8. The molecule has 1 aromatic carbocycles. The van der Waals surface area contributed by atoms with Gasteiger partial charge in [-0.15, -0.1) is 11.8 Å². The van der Waals surface area contributed by atoms with Crippen LogP contribution in [0.25, 0.3) is 16.6 Å². The third-order valence-electron chi connectivity index (χ3n) is 4.06. The molecule has 28 heavy (non-hydrogen) atoms. The molecule has 0 fully saturated rings. The summed E-state index contributed by atoms with van der Waals surface area (Å²) in [4.78, 5) is 16.2. The van der Waals surface area contributed by atoms with Gasteiger partial charge < -0.3 is 9.47 Å². The number of hydrogen-bond donors (Lipinski definition) is 0. The van der Waals surface area contributed by atoms with Crippen LogP contribution in [0.5, 0.6) is 0 Å². The number of carbonyl (C=O) groups excluding carboxylic acids is 1. The highest BCUT2D eigenvalue weighted by Crippen LogP contribution is 2.36. The monoisotopic (exact) mass is 411 g/mol. The molecule has 10 heteroatoms. The summed E-state index contributed by atoms with van der Waals surface area (Å²) in [5.74, 6) is -0.600. The van der Waals surface area contributed by atoms with Gasteiger partial charge >= 0.3 is 12.1 Å². The van der Waals surface area contributed by atoms with Crippen LogP contribution in [0.15, 0.2) is 35.5 Å². The molecule has 0 bridgehead atoms. The first-order chi connectivity index (χ1) is 13.3. The largest absolute Gasteiger partial charge is 0.465 e. The van der Waals surface area contributed by atoms with Gasteiger partial charge in [-0.05, 0) is 18.4 Å². The number of alkyl halides is 3. The summed E-state index contributed by atoms with van der Waals surface area (Å²) in [5.41, 5.74) is -0.115. The molecule has 0 saturated heterocycles. The van der Waals surface area contributed by atoms with Gasteiger partial charge in [-0.25, -0.2) is 9.48 Å². The van der Waals surface area contributed by atoms with Crippen molar-refractivity contribution in [3.05, 3.63) is 47.3 Å². The fraction of sp³-hybridized carbons (Fsp3) is 0.278. The van der Waals surface area contributed by atoms with Crippen LogP contribution in [0.1, 0.15) is 21.6 Å². The molecular weight excluding hydrogens is 395 g/mol. The Bertz CT molecular complexity index is 1030. The van der Waals surface area contributed by atoms with Crippen LogP contribution in [0, 0.1) is 0 Å². The third kappa shape index (κ3) is 3.45. The van der Waals surface area contributed by atoms with Crippen molar-refractivity contribution in [1.29, 1.82) is 0 Å². The summed E-state index contributed by atoms with van der Waals surface area (Å²) in [6, 6.07) is 5.38. The first kappa shape index (κ1) is 20.2. The van der Waals surface area contributed by atoms with E-state index in [0.29, 0.717) is 16.4 Å². The molecule has 0 atom stereocenters. The molecule has 0 spiro atoms. The van der Waals surface area contributed by atoms with E-state index in [-0.39, 0.29) is 23.1 Å². The van der Waals surface area contributed by atoms with Gasteiger partial charge in [0, 0.05) is 18.7 Å². The summed E-state index contributed by atoms with van der Waals surface area (Å²) >= 11 is 1.23. The minimum atomic E-state index is -4.55. The number of pyridine rings is 1. The highest BCUT2D eigenvalue weighted by molar-refractivity contribution is 7.98. The summed E-state index contributed by atoms with van der Waals surface area (Å²) in [6.07, 6.45) is -1.52. The molecular formula is C18H16F3N3O3S. The second-order valence-electron chi connectivity index (χ2n) is 5.70. The van der Waals surface area contributed by atoms with Gasteiger partial charge in [0.2, 0.25) is 0 Å². The summed E-state index contributed by atoms with van der Waals surface area (Å²) < 4.78 is 51.5. The Morgan fingerprint density at radius 2 is 2.00 bits per heavy atom.